The zero-order valence-corrected chi connectivity index (χ0v) is 13.6. The Bertz CT molecular complexity index is 604. The summed E-state index contributed by atoms with van der Waals surface area (Å²) in [6.07, 6.45) is 0. The summed E-state index contributed by atoms with van der Waals surface area (Å²) in [5.74, 6) is 1.61. The van der Waals surface area contributed by atoms with Gasteiger partial charge in [-0.2, -0.15) is 0 Å². The first-order valence-corrected chi connectivity index (χ1v) is 7.21. The van der Waals surface area contributed by atoms with Crippen molar-refractivity contribution in [2.75, 3.05) is 19.5 Å². The molecule has 3 nitrogen and oxygen atoms in total. The molecular weight excluding hydrogens is 342 g/mol. The number of hydrogen-bond acceptors (Lipinski definition) is 3. The van der Waals surface area contributed by atoms with Crippen molar-refractivity contribution < 1.29 is 9.47 Å². The molecule has 0 unspecified atom stereocenters. The van der Waals surface area contributed by atoms with E-state index in [2.05, 4.69) is 21.2 Å². The third kappa shape index (κ3) is 3.58. The van der Waals surface area contributed by atoms with Gasteiger partial charge in [-0.1, -0.05) is 27.5 Å². The van der Waals surface area contributed by atoms with Crippen molar-refractivity contribution in [3.8, 4) is 11.5 Å². The summed E-state index contributed by atoms with van der Waals surface area (Å²) < 4.78 is 11.5. The lowest BCUT2D eigenvalue weighted by Gasteiger charge is -2.13. The maximum Gasteiger partial charge on any atom is 0.124 e. The Morgan fingerprint density at radius 3 is 2.55 bits per heavy atom. The first-order valence-electron chi connectivity index (χ1n) is 6.04. The van der Waals surface area contributed by atoms with Gasteiger partial charge in [0.2, 0.25) is 0 Å². The quantitative estimate of drug-likeness (QED) is 0.840. The summed E-state index contributed by atoms with van der Waals surface area (Å²) >= 11 is 9.56. The Kier molecular flexibility index (Phi) is 5.15. The topological polar surface area (TPSA) is 30.5 Å². The predicted molar refractivity (Wildman–Crippen MR) is 86.0 cm³/mol. The summed E-state index contributed by atoms with van der Waals surface area (Å²) in [5.41, 5.74) is 1.88. The second kappa shape index (κ2) is 6.86. The Morgan fingerprint density at radius 1 is 1.10 bits per heavy atom. The van der Waals surface area contributed by atoms with E-state index in [4.69, 9.17) is 21.1 Å². The fourth-order valence-electron chi connectivity index (χ4n) is 1.84. The van der Waals surface area contributed by atoms with Crippen LogP contribution in [0.2, 0.25) is 5.02 Å². The van der Waals surface area contributed by atoms with Gasteiger partial charge in [0, 0.05) is 16.6 Å². The monoisotopic (exact) mass is 355 g/mol. The van der Waals surface area contributed by atoms with E-state index in [0.717, 1.165) is 27.2 Å². The Hall–Kier alpha value is -1.39. The number of rotatable bonds is 5. The maximum absolute atomic E-state index is 6.18. The van der Waals surface area contributed by atoms with Crippen LogP contribution < -0.4 is 14.8 Å². The van der Waals surface area contributed by atoms with Crippen LogP contribution in [-0.2, 0) is 6.54 Å². The zero-order chi connectivity index (χ0) is 14.5. The fourth-order valence-corrected chi connectivity index (χ4v) is 2.58. The number of methoxy groups -OCH3 is 2. The molecule has 0 bridgehead atoms. The van der Waals surface area contributed by atoms with E-state index in [1.807, 2.05) is 36.4 Å². The summed E-state index contributed by atoms with van der Waals surface area (Å²) in [6, 6.07) is 11.4. The number of anilines is 1. The minimum Gasteiger partial charge on any atom is -0.497 e. The van der Waals surface area contributed by atoms with Crippen LogP contribution in [0.25, 0.3) is 0 Å². The van der Waals surface area contributed by atoms with Crippen LogP contribution >= 0.6 is 27.5 Å². The fraction of sp³-hybridized carbons (Fsp3) is 0.200. The Labute approximate surface area is 132 Å². The van der Waals surface area contributed by atoms with Gasteiger partial charge in [-0.25, -0.2) is 0 Å². The number of benzene rings is 2. The lowest BCUT2D eigenvalue weighted by Crippen LogP contribution is -2.02. The molecule has 0 heterocycles. The third-order valence-electron chi connectivity index (χ3n) is 2.89. The first-order chi connectivity index (χ1) is 9.63. The summed E-state index contributed by atoms with van der Waals surface area (Å²) in [5, 5.41) is 3.96. The molecule has 0 aromatic heterocycles. The van der Waals surface area contributed by atoms with Gasteiger partial charge in [-0.3, -0.25) is 0 Å². The SMILES string of the molecule is COc1ccc(OC)c(CNc2ccc(Br)cc2Cl)c1. The van der Waals surface area contributed by atoms with Crippen LogP contribution in [0.3, 0.4) is 0 Å². The second-order valence-corrected chi connectivity index (χ2v) is 5.48. The third-order valence-corrected chi connectivity index (χ3v) is 3.69. The smallest absolute Gasteiger partial charge is 0.124 e. The van der Waals surface area contributed by atoms with Gasteiger partial charge in [-0.15, -0.1) is 0 Å². The molecule has 2 aromatic rings. The minimum atomic E-state index is 0.599. The van der Waals surface area contributed by atoms with Gasteiger partial charge < -0.3 is 14.8 Å². The molecule has 0 radical (unpaired) electrons. The van der Waals surface area contributed by atoms with Crippen LogP contribution in [0.5, 0.6) is 11.5 Å². The van der Waals surface area contributed by atoms with E-state index in [0.29, 0.717) is 11.6 Å². The minimum absolute atomic E-state index is 0.599. The van der Waals surface area contributed by atoms with Crippen LogP contribution in [0.4, 0.5) is 5.69 Å². The molecule has 2 rings (SSSR count). The average Bonchev–Trinajstić information content (AvgIpc) is 2.46. The highest BCUT2D eigenvalue weighted by molar-refractivity contribution is 9.10. The van der Waals surface area contributed by atoms with Crippen molar-refractivity contribution in [1.29, 1.82) is 0 Å². The Morgan fingerprint density at radius 2 is 1.90 bits per heavy atom. The molecule has 0 saturated heterocycles. The van der Waals surface area contributed by atoms with E-state index < -0.39 is 0 Å². The number of hydrogen-bond donors (Lipinski definition) is 1. The molecule has 0 aliphatic carbocycles. The predicted octanol–water partition coefficient (Wildman–Crippen LogP) is 4.73. The van der Waals surface area contributed by atoms with Crippen molar-refractivity contribution in [3.63, 3.8) is 0 Å². The van der Waals surface area contributed by atoms with Gasteiger partial charge >= 0.3 is 0 Å². The molecule has 0 aliphatic rings. The van der Waals surface area contributed by atoms with Crippen LogP contribution in [0, 0.1) is 0 Å². The maximum atomic E-state index is 6.18. The molecule has 0 aliphatic heterocycles. The summed E-state index contributed by atoms with van der Waals surface area (Å²) in [4.78, 5) is 0. The summed E-state index contributed by atoms with van der Waals surface area (Å²) in [6.45, 7) is 0.599. The molecule has 0 saturated carbocycles. The molecule has 0 fully saturated rings. The van der Waals surface area contributed by atoms with Crippen molar-refractivity contribution in [1.82, 2.24) is 0 Å². The molecule has 0 amide bonds. The van der Waals surface area contributed by atoms with Crippen molar-refractivity contribution in [2.24, 2.45) is 0 Å². The largest absolute Gasteiger partial charge is 0.497 e. The Balaban J connectivity index is 2.17. The van der Waals surface area contributed by atoms with Crippen molar-refractivity contribution in [3.05, 3.63) is 51.5 Å². The zero-order valence-electron chi connectivity index (χ0n) is 11.2. The van der Waals surface area contributed by atoms with Crippen LogP contribution in [0.1, 0.15) is 5.56 Å². The van der Waals surface area contributed by atoms with Crippen LogP contribution in [0.15, 0.2) is 40.9 Å². The second-order valence-electron chi connectivity index (χ2n) is 4.16. The van der Waals surface area contributed by atoms with Gasteiger partial charge in [0.05, 0.1) is 24.9 Å². The van der Waals surface area contributed by atoms with Crippen molar-refractivity contribution in [2.45, 2.75) is 6.54 Å². The van der Waals surface area contributed by atoms with Gasteiger partial charge in [0.25, 0.3) is 0 Å². The van der Waals surface area contributed by atoms with E-state index in [1.165, 1.54) is 0 Å². The van der Waals surface area contributed by atoms with Gasteiger partial charge in [0.1, 0.15) is 11.5 Å². The molecule has 106 valence electrons. The normalized spacial score (nSPS) is 10.2. The highest BCUT2D eigenvalue weighted by Gasteiger charge is 2.06. The van der Waals surface area contributed by atoms with Gasteiger partial charge in [-0.05, 0) is 36.4 Å². The van der Waals surface area contributed by atoms with E-state index in [9.17, 15) is 0 Å². The highest BCUT2D eigenvalue weighted by atomic mass is 79.9. The molecule has 20 heavy (non-hydrogen) atoms. The lowest BCUT2D eigenvalue weighted by molar-refractivity contribution is 0.399. The standard InChI is InChI=1S/C15H15BrClNO2/c1-19-12-4-6-15(20-2)10(7-12)9-18-14-5-3-11(16)8-13(14)17/h3-8,18H,9H2,1-2H3. The first kappa shape index (κ1) is 15.0. The number of ether oxygens (including phenoxy) is 2. The number of halogens is 2. The molecule has 0 spiro atoms. The molecule has 5 heteroatoms. The number of nitrogens with one attached hydrogen (secondary N) is 1. The lowest BCUT2D eigenvalue weighted by atomic mass is 10.2. The molecule has 2 aromatic carbocycles. The highest BCUT2D eigenvalue weighted by Crippen LogP contribution is 2.28. The molecular formula is C15H15BrClNO2. The van der Waals surface area contributed by atoms with Crippen LogP contribution in [-0.4, -0.2) is 14.2 Å². The molecule has 1 N–H and O–H groups in total. The van der Waals surface area contributed by atoms with E-state index in [1.54, 1.807) is 14.2 Å². The van der Waals surface area contributed by atoms with E-state index >= 15 is 0 Å². The summed E-state index contributed by atoms with van der Waals surface area (Å²) in [7, 11) is 3.29. The average molecular weight is 357 g/mol. The molecule has 0 atom stereocenters. The van der Waals surface area contributed by atoms with E-state index in [-0.39, 0.29) is 0 Å². The van der Waals surface area contributed by atoms with Crippen molar-refractivity contribution >= 4 is 33.2 Å². The van der Waals surface area contributed by atoms with Gasteiger partial charge in [0.15, 0.2) is 0 Å².